The van der Waals surface area contributed by atoms with Crippen molar-refractivity contribution in [1.82, 2.24) is 24.7 Å². The number of rotatable bonds is 5. The molecule has 3 aromatic rings. The molecular weight excluding hydrogens is 401 g/mol. The number of anilines is 1. The largest absolute Gasteiger partial charge is 0.418 e. The van der Waals surface area contributed by atoms with E-state index in [4.69, 9.17) is 0 Å². The van der Waals surface area contributed by atoms with Crippen LogP contribution in [0, 0.1) is 6.92 Å². The smallest absolute Gasteiger partial charge is 0.276 e. The zero-order valence-electron chi connectivity index (χ0n) is 14.0. The summed E-state index contributed by atoms with van der Waals surface area (Å²) in [7, 11) is -4.57. The van der Waals surface area contributed by atoms with Gasteiger partial charge in [0, 0.05) is 5.69 Å². The van der Waals surface area contributed by atoms with Crippen LogP contribution in [-0.4, -0.2) is 39.6 Å². The molecule has 0 bridgehead atoms. The molecule has 0 spiro atoms. The quantitative estimate of drug-likeness (QED) is 0.502. The van der Waals surface area contributed by atoms with E-state index in [0.29, 0.717) is 6.41 Å². The first-order chi connectivity index (χ1) is 13.1. The molecule has 0 aliphatic heterocycles. The molecule has 3 rings (SSSR count). The summed E-state index contributed by atoms with van der Waals surface area (Å²) in [5.41, 5.74) is -1.68. The number of para-hydroxylation sites is 1. The van der Waals surface area contributed by atoms with E-state index in [1.54, 1.807) is 0 Å². The number of hydrogen-bond acceptors (Lipinski definition) is 7. The highest BCUT2D eigenvalue weighted by Crippen LogP contribution is 2.35. The van der Waals surface area contributed by atoms with Crippen LogP contribution in [0.1, 0.15) is 11.3 Å². The van der Waals surface area contributed by atoms with Crippen LogP contribution in [0.3, 0.4) is 0 Å². The lowest BCUT2D eigenvalue weighted by atomic mass is 10.2. The van der Waals surface area contributed by atoms with Crippen molar-refractivity contribution >= 4 is 22.1 Å². The number of carbonyl (C=O) groups is 1. The summed E-state index contributed by atoms with van der Waals surface area (Å²) in [6, 6.07) is 5.45. The first-order valence-electron chi connectivity index (χ1n) is 7.52. The van der Waals surface area contributed by atoms with E-state index in [2.05, 4.69) is 20.1 Å². The normalized spacial score (nSPS) is 12.0. The first-order valence-corrected chi connectivity index (χ1v) is 9.00. The van der Waals surface area contributed by atoms with Crippen molar-refractivity contribution in [2.75, 3.05) is 4.72 Å². The summed E-state index contributed by atoms with van der Waals surface area (Å²) in [6.07, 6.45) is -3.36. The lowest BCUT2D eigenvalue weighted by Gasteiger charge is -2.14. The first kappa shape index (κ1) is 19.4. The van der Waals surface area contributed by atoms with Crippen molar-refractivity contribution in [2.45, 2.75) is 18.3 Å². The van der Waals surface area contributed by atoms with E-state index >= 15 is 0 Å². The molecular formula is C15H11F3N6O3S. The molecule has 0 atom stereocenters. The van der Waals surface area contributed by atoms with Gasteiger partial charge in [-0.2, -0.15) is 31.4 Å². The highest BCUT2D eigenvalue weighted by molar-refractivity contribution is 7.92. The standard InChI is InChI=1S/C15H11F3N6O3S/c1-9-6-12(13-19-7-20-24(13)8-25)22-14(21-9)28(26,27)23-11-5-3-2-4-10(11)15(16,17)18/h2-8,23H,1H3. The Bertz CT molecular complexity index is 1140. The molecule has 0 unspecified atom stereocenters. The van der Waals surface area contributed by atoms with Gasteiger partial charge in [0.05, 0.1) is 11.3 Å². The summed E-state index contributed by atoms with van der Waals surface area (Å²) < 4.78 is 67.2. The number of aromatic nitrogens is 5. The van der Waals surface area contributed by atoms with Crippen molar-refractivity contribution in [3.63, 3.8) is 0 Å². The molecule has 0 amide bonds. The Morgan fingerprint density at radius 3 is 2.57 bits per heavy atom. The number of aryl methyl sites for hydroxylation is 1. The predicted octanol–water partition coefficient (Wildman–Crippen LogP) is 1.90. The third kappa shape index (κ3) is 3.83. The van der Waals surface area contributed by atoms with Crippen LogP contribution in [0.25, 0.3) is 11.5 Å². The SMILES string of the molecule is Cc1cc(-c2ncnn2C=O)nc(S(=O)(=O)Nc2ccccc2C(F)(F)F)n1. The maximum atomic E-state index is 13.1. The Balaban J connectivity index is 2.06. The second kappa shape index (κ2) is 6.99. The van der Waals surface area contributed by atoms with E-state index in [9.17, 15) is 26.4 Å². The highest BCUT2D eigenvalue weighted by atomic mass is 32.2. The third-order valence-electron chi connectivity index (χ3n) is 3.45. The van der Waals surface area contributed by atoms with Crippen molar-refractivity contribution in [3.8, 4) is 11.5 Å². The van der Waals surface area contributed by atoms with E-state index in [-0.39, 0.29) is 17.2 Å². The van der Waals surface area contributed by atoms with Crippen LogP contribution >= 0.6 is 0 Å². The van der Waals surface area contributed by atoms with Crippen LogP contribution in [-0.2, 0) is 21.0 Å². The van der Waals surface area contributed by atoms with Gasteiger partial charge in [0.1, 0.15) is 12.0 Å². The molecule has 146 valence electrons. The molecule has 1 aromatic carbocycles. The Morgan fingerprint density at radius 1 is 1.18 bits per heavy atom. The van der Waals surface area contributed by atoms with Crippen LogP contribution in [0.15, 0.2) is 41.8 Å². The average Bonchev–Trinajstić information content (AvgIpc) is 3.09. The molecule has 1 N–H and O–H groups in total. The van der Waals surface area contributed by atoms with Gasteiger partial charge in [-0.25, -0.2) is 15.0 Å². The van der Waals surface area contributed by atoms with Crippen molar-refractivity contribution < 1.29 is 26.4 Å². The number of nitrogens with one attached hydrogen (secondary N) is 1. The van der Waals surface area contributed by atoms with Gasteiger partial charge in [0.15, 0.2) is 5.82 Å². The van der Waals surface area contributed by atoms with Gasteiger partial charge >= 0.3 is 6.18 Å². The number of sulfonamides is 1. The Kier molecular flexibility index (Phi) is 4.85. The Labute approximate surface area is 156 Å². The van der Waals surface area contributed by atoms with Crippen LogP contribution in [0.4, 0.5) is 18.9 Å². The highest BCUT2D eigenvalue weighted by Gasteiger charge is 2.34. The number of benzene rings is 1. The number of hydrogen-bond donors (Lipinski definition) is 1. The number of carbonyl (C=O) groups excluding carboxylic acids is 1. The van der Waals surface area contributed by atoms with Crippen molar-refractivity contribution in [3.05, 3.63) is 47.9 Å². The molecule has 13 heteroatoms. The minimum atomic E-state index is -4.77. The second-order valence-electron chi connectivity index (χ2n) is 5.46. The second-order valence-corrected chi connectivity index (χ2v) is 7.04. The predicted molar refractivity (Wildman–Crippen MR) is 90.2 cm³/mol. The summed E-state index contributed by atoms with van der Waals surface area (Å²) in [4.78, 5) is 22.4. The lowest BCUT2D eigenvalue weighted by Crippen LogP contribution is -2.20. The minimum Gasteiger partial charge on any atom is -0.276 e. The maximum absolute atomic E-state index is 13.1. The molecule has 0 fully saturated rings. The summed E-state index contributed by atoms with van der Waals surface area (Å²) in [5.74, 6) is -0.0485. The lowest BCUT2D eigenvalue weighted by molar-refractivity contribution is -0.136. The van der Waals surface area contributed by atoms with E-state index in [1.165, 1.54) is 19.1 Å². The van der Waals surface area contributed by atoms with E-state index in [1.807, 2.05) is 4.72 Å². The fraction of sp³-hybridized carbons (Fsp3) is 0.133. The zero-order valence-corrected chi connectivity index (χ0v) is 14.9. The van der Waals surface area contributed by atoms with Gasteiger partial charge in [0.2, 0.25) is 6.41 Å². The summed E-state index contributed by atoms with van der Waals surface area (Å²) in [5, 5.41) is 2.85. The van der Waals surface area contributed by atoms with Crippen LogP contribution in [0.5, 0.6) is 0 Å². The van der Waals surface area contributed by atoms with Gasteiger partial charge in [-0.1, -0.05) is 12.1 Å². The molecule has 2 aromatic heterocycles. The molecule has 2 heterocycles. The summed E-state index contributed by atoms with van der Waals surface area (Å²) >= 11 is 0. The Morgan fingerprint density at radius 2 is 1.89 bits per heavy atom. The minimum absolute atomic E-state index is 0.0402. The molecule has 28 heavy (non-hydrogen) atoms. The van der Waals surface area contributed by atoms with Gasteiger partial charge in [-0.15, -0.1) is 0 Å². The van der Waals surface area contributed by atoms with Crippen LogP contribution < -0.4 is 4.72 Å². The molecule has 0 saturated heterocycles. The average molecular weight is 412 g/mol. The summed E-state index contributed by atoms with van der Waals surface area (Å²) in [6.45, 7) is 1.45. The monoisotopic (exact) mass is 412 g/mol. The van der Waals surface area contributed by atoms with Crippen molar-refractivity contribution in [2.24, 2.45) is 0 Å². The third-order valence-corrected chi connectivity index (χ3v) is 4.60. The fourth-order valence-electron chi connectivity index (χ4n) is 2.30. The molecule has 0 aliphatic rings. The van der Waals surface area contributed by atoms with Gasteiger partial charge in [-0.05, 0) is 25.1 Å². The number of halogens is 3. The van der Waals surface area contributed by atoms with Crippen LogP contribution in [0.2, 0.25) is 0 Å². The van der Waals surface area contributed by atoms with Gasteiger partial charge < -0.3 is 0 Å². The molecule has 0 radical (unpaired) electrons. The van der Waals surface area contributed by atoms with E-state index in [0.717, 1.165) is 29.2 Å². The fourth-order valence-corrected chi connectivity index (χ4v) is 3.34. The van der Waals surface area contributed by atoms with Gasteiger partial charge in [0.25, 0.3) is 15.2 Å². The molecule has 9 nitrogen and oxygen atoms in total. The molecule has 0 aliphatic carbocycles. The number of nitrogens with zero attached hydrogens (tertiary/aromatic N) is 5. The Hall–Kier alpha value is -3.35. The van der Waals surface area contributed by atoms with E-state index < -0.39 is 32.6 Å². The maximum Gasteiger partial charge on any atom is 0.418 e. The van der Waals surface area contributed by atoms with Crippen molar-refractivity contribution in [1.29, 1.82) is 0 Å². The van der Waals surface area contributed by atoms with Gasteiger partial charge in [-0.3, -0.25) is 9.52 Å². The topological polar surface area (TPSA) is 120 Å². The number of alkyl halides is 3. The molecule has 0 saturated carbocycles. The zero-order chi connectivity index (χ0) is 20.5.